The summed E-state index contributed by atoms with van der Waals surface area (Å²) in [6.07, 6.45) is 0.875. The van der Waals surface area contributed by atoms with E-state index < -0.39 is 0 Å². The van der Waals surface area contributed by atoms with Crippen molar-refractivity contribution in [2.75, 3.05) is 5.75 Å². The van der Waals surface area contributed by atoms with Crippen LogP contribution in [0, 0.1) is 0 Å². The SMILES string of the molecule is C=Nc1cc(Br)ccc1SCC=O. The van der Waals surface area contributed by atoms with Gasteiger partial charge in [-0.05, 0) is 24.9 Å². The first kappa shape index (κ1) is 10.5. The maximum Gasteiger partial charge on any atom is 0.130 e. The molecule has 0 bridgehead atoms. The Hall–Kier alpha value is -0.610. The van der Waals surface area contributed by atoms with Gasteiger partial charge in [0, 0.05) is 9.37 Å². The highest BCUT2D eigenvalue weighted by atomic mass is 79.9. The Morgan fingerprint density at radius 3 is 3.00 bits per heavy atom. The standard InChI is InChI=1S/C9H8BrNOS/c1-11-8-6-7(10)2-3-9(8)13-5-4-12/h2-4,6H,1,5H2. The number of thioether (sulfide) groups is 1. The molecule has 0 unspecified atom stereocenters. The highest BCUT2D eigenvalue weighted by Gasteiger charge is 2.01. The van der Waals surface area contributed by atoms with Crippen LogP contribution >= 0.6 is 27.7 Å². The summed E-state index contributed by atoms with van der Waals surface area (Å²) in [5, 5.41) is 0. The second-order valence-corrected chi connectivity index (χ2v) is 4.23. The van der Waals surface area contributed by atoms with Crippen LogP contribution in [-0.2, 0) is 4.79 Å². The molecular weight excluding hydrogens is 250 g/mol. The van der Waals surface area contributed by atoms with Gasteiger partial charge in [-0.15, -0.1) is 11.8 Å². The molecule has 2 nitrogen and oxygen atoms in total. The zero-order valence-electron chi connectivity index (χ0n) is 6.87. The van der Waals surface area contributed by atoms with Crippen molar-refractivity contribution < 1.29 is 4.79 Å². The molecule has 0 N–H and O–H groups in total. The van der Waals surface area contributed by atoms with Crippen LogP contribution in [0.4, 0.5) is 5.69 Å². The molecule has 0 saturated carbocycles. The Balaban J connectivity index is 2.91. The summed E-state index contributed by atoms with van der Waals surface area (Å²) in [6.45, 7) is 3.47. The first-order valence-electron chi connectivity index (χ1n) is 3.60. The van der Waals surface area contributed by atoms with Crippen LogP contribution in [0.3, 0.4) is 0 Å². The lowest BCUT2D eigenvalue weighted by Gasteiger charge is -2.02. The van der Waals surface area contributed by atoms with Gasteiger partial charge in [-0.1, -0.05) is 15.9 Å². The Kier molecular flexibility index (Phi) is 4.18. The fourth-order valence-electron chi connectivity index (χ4n) is 0.860. The van der Waals surface area contributed by atoms with E-state index in [1.165, 1.54) is 11.8 Å². The maximum atomic E-state index is 10.2. The van der Waals surface area contributed by atoms with E-state index in [9.17, 15) is 4.79 Å². The third-order valence-corrected chi connectivity index (χ3v) is 2.85. The number of aliphatic imine (C=N–C) groups is 1. The second kappa shape index (κ2) is 5.19. The summed E-state index contributed by atoms with van der Waals surface area (Å²) in [5.41, 5.74) is 0.807. The van der Waals surface area contributed by atoms with Gasteiger partial charge in [0.15, 0.2) is 0 Å². The molecule has 4 heteroatoms. The molecule has 0 aromatic heterocycles. The van der Waals surface area contributed by atoms with E-state index in [-0.39, 0.29) is 0 Å². The molecule has 0 aliphatic rings. The van der Waals surface area contributed by atoms with Gasteiger partial charge < -0.3 is 4.79 Å². The van der Waals surface area contributed by atoms with Crippen LogP contribution in [0.1, 0.15) is 0 Å². The average Bonchev–Trinajstić information content (AvgIpc) is 2.16. The van der Waals surface area contributed by atoms with Gasteiger partial charge in [-0.25, -0.2) is 0 Å². The summed E-state index contributed by atoms with van der Waals surface area (Å²) in [6, 6.07) is 5.71. The van der Waals surface area contributed by atoms with Crippen LogP contribution in [0.15, 0.2) is 32.6 Å². The van der Waals surface area contributed by atoms with E-state index in [2.05, 4.69) is 27.6 Å². The summed E-state index contributed by atoms with van der Waals surface area (Å²) in [7, 11) is 0. The summed E-state index contributed by atoms with van der Waals surface area (Å²) in [5.74, 6) is 0.449. The zero-order chi connectivity index (χ0) is 9.68. The molecule has 68 valence electrons. The Labute approximate surface area is 89.6 Å². The fourth-order valence-corrected chi connectivity index (χ4v) is 1.89. The number of benzene rings is 1. The number of nitrogens with zero attached hydrogens (tertiary/aromatic N) is 1. The van der Waals surface area contributed by atoms with Gasteiger partial charge in [-0.2, -0.15) is 0 Å². The van der Waals surface area contributed by atoms with Crippen molar-refractivity contribution in [3.8, 4) is 0 Å². The molecule has 0 amide bonds. The van der Waals surface area contributed by atoms with E-state index in [4.69, 9.17) is 0 Å². The van der Waals surface area contributed by atoms with Crippen molar-refractivity contribution >= 4 is 46.4 Å². The summed E-state index contributed by atoms with van der Waals surface area (Å²) in [4.78, 5) is 15.0. The highest BCUT2D eigenvalue weighted by molar-refractivity contribution is 9.10. The minimum Gasteiger partial charge on any atom is -0.302 e. The number of carbonyl (C=O) groups is 1. The number of hydrogen-bond acceptors (Lipinski definition) is 3. The van der Waals surface area contributed by atoms with Gasteiger partial charge in [0.25, 0.3) is 0 Å². The molecule has 1 rings (SSSR count). The van der Waals surface area contributed by atoms with Crippen LogP contribution in [-0.4, -0.2) is 18.8 Å². The largest absolute Gasteiger partial charge is 0.302 e. The van der Waals surface area contributed by atoms with E-state index >= 15 is 0 Å². The van der Waals surface area contributed by atoms with Gasteiger partial charge >= 0.3 is 0 Å². The fraction of sp³-hybridized carbons (Fsp3) is 0.111. The normalized spacial score (nSPS) is 9.62. The number of rotatable bonds is 4. The van der Waals surface area contributed by atoms with E-state index in [0.29, 0.717) is 5.75 Å². The summed E-state index contributed by atoms with van der Waals surface area (Å²) >= 11 is 4.80. The lowest BCUT2D eigenvalue weighted by Crippen LogP contribution is -1.80. The first-order valence-corrected chi connectivity index (χ1v) is 5.38. The molecule has 1 aromatic carbocycles. The predicted octanol–water partition coefficient (Wildman–Crippen LogP) is 3.07. The molecule has 13 heavy (non-hydrogen) atoms. The lowest BCUT2D eigenvalue weighted by atomic mass is 10.3. The zero-order valence-corrected chi connectivity index (χ0v) is 9.27. The molecule has 0 spiro atoms. The Morgan fingerprint density at radius 1 is 1.62 bits per heavy atom. The van der Waals surface area contributed by atoms with E-state index in [1.54, 1.807) is 0 Å². The molecule has 0 radical (unpaired) electrons. The quantitative estimate of drug-likeness (QED) is 0.472. The first-order chi connectivity index (χ1) is 6.27. The van der Waals surface area contributed by atoms with Crippen molar-refractivity contribution in [1.29, 1.82) is 0 Å². The van der Waals surface area contributed by atoms with Gasteiger partial charge in [0.2, 0.25) is 0 Å². The number of aldehydes is 1. The third-order valence-electron chi connectivity index (χ3n) is 1.40. The minimum absolute atomic E-state index is 0.449. The molecule has 1 aromatic rings. The van der Waals surface area contributed by atoms with Crippen LogP contribution in [0.5, 0.6) is 0 Å². The van der Waals surface area contributed by atoms with Crippen LogP contribution in [0.2, 0.25) is 0 Å². The van der Waals surface area contributed by atoms with E-state index in [0.717, 1.165) is 21.3 Å². The molecule has 0 saturated heterocycles. The third kappa shape index (κ3) is 2.97. The van der Waals surface area contributed by atoms with Crippen molar-refractivity contribution in [1.82, 2.24) is 0 Å². The minimum atomic E-state index is 0.449. The number of carbonyl (C=O) groups excluding carboxylic acids is 1. The molecule has 0 atom stereocenters. The van der Waals surface area contributed by atoms with Crippen molar-refractivity contribution in [2.24, 2.45) is 4.99 Å². The topological polar surface area (TPSA) is 29.4 Å². The lowest BCUT2D eigenvalue weighted by molar-refractivity contribution is -0.105. The van der Waals surface area contributed by atoms with Gasteiger partial charge in [-0.3, -0.25) is 4.99 Å². The van der Waals surface area contributed by atoms with E-state index in [1.807, 2.05) is 18.2 Å². The Bertz CT molecular complexity index is 327. The molecule has 0 aliphatic carbocycles. The smallest absolute Gasteiger partial charge is 0.130 e. The maximum absolute atomic E-state index is 10.2. The molecular formula is C9H8BrNOS. The van der Waals surface area contributed by atoms with Gasteiger partial charge in [0.1, 0.15) is 6.29 Å². The van der Waals surface area contributed by atoms with Crippen LogP contribution in [0.25, 0.3) is 0 Å². The molecule has 0 heterocycles. The number of halogens is 1. The van der Waals surface area contributed by atoms with Gasteiger partial charge in [0.05, 0.1) is 11.4 Å². The van der Waals surface area contributed by atoms with Crippen molar-refractivity contribution in [2.45, 2.75) is 4.90 Å². The average molecular weight is 258 g/mol. The summed E-state index contributed by atoms with van der Waals surface area (Å²) < 4.78 is 0.963. The molecule has 0 aliphatic heterocycles. The highest BCUT2D eigenvalue weighted by Crippen LogP contribution is 2.31. The van der Waals surface area contributed by atoms with Crippen molar-refractivity contribution in [3.63, 3.8) is 0 Å². The Morgan fingerprint density at radius 2 is 2.38 bits per heavy atom. The van der Waals surface area contributed by atoms with Crippen molar-refractivity contribution in [3.05, 3.63) is 22.7 Å². The monoisotopic (exact) mass is 257 g/mol. The predicted molar refractivity (Wildman–Crippen MR) is 60.1 cm³/mol. The second-order valence-electron chi connectivity index (χ2n) is 2.25. The molecule has 0 fully saturated rings. The van der Waals surface area contributed by atoms with Crippen LogP contribution < -0.4 is 0 Å². The number of hydrogen-bond donors (Lipinski definition) is 0.